The van der Waals surface area contributed by atoms with Crippen LogP contribution in [0.15, 0.2) is 23.1 Å². The van der Waals surface area contributed by atoms with E-state index in [1.165, 1.54) is 11.4 Å². The van der Waals surface area contributed by atoms with Crippen LogP contribution in [0.2, 0.25) is 0 Å². The van der Waals surface area contributed by atoms with Gasteiger partial charge in [0.15, 0.2) is 0 Å². The number of hydrogen-bond acceptors (Lipinski definition) is 5. The molecule has 0 radical (unpaired) electrons. The second-order valence-corrected chi connectivity index (χ2v) is 7.46. The van der Waals surface area contributed by atoms with E-state index in [0.29, 0.717) is 37.4 Å². The standard InChI is InChI=1S/C15H19NO5S/c1-20-15(17)12-6-9-21-14-5-4-11(10-13(12)14)22(18,19)16-7-2-3-8-16/h4-5,10,12H,2-3,6-9H2,1H3/t12-/m1/s1. The summed E-state index contributed by atoms with van der Waals surface area (Å²) in [6.45, 7) is 1.53. The molecule has 1 fully saturated rings. The van der Waals surface area contributed by atoms with Crippen LogP contribution in [-0.2, 0) is 19.6 Å². The Balaban J connectivity index is 2.00. The third-order valence-electron chi connectivity index (χ3n) is 4.21. The number of nitrogens with zero attached hydrogens (tertiary/aromatic N) is 1. The zero-order chi connectivity index (χ0) is 15.7. The van der Waals surface area contributed by atoms with Gasteiger partial charge in [-0.05, 0) is 37.5 Å². The van der Waals surface area contributed by atoms with Crippen molar-refractivity contribution in [1.29, 1.82) is 0 Å². The van der Waals surface area contributed by atoms with Gasteiger partial charge in [0, 0.05) is 18.7 Å². The highest BCUT2D eigenvalue weighted by molar-refractivity contribution is 7.89. The van der Waals surface area contributed by atoms with E-state index in [0.717, 1.165) is 12.8 Å². The summed E-state index contributed by atoms with van der Waals surface area (Å²) >= 11 is 0. The Morgan fingerprint density at radius 2 is 2.05 bits per heavy atom. The number of sulfonamides is 1. The number of fused-ring (bicyclic) bond motifs is 1. The highest BCUT2D eigenvalue weighted by Gasteiger charge is 2.32. The van der Waals surface area contributed by atoms with E-state index in [4.69, 9.17) is 9.47 Å². The van der Waals surface area contributed by atoms with Crippen molar-refractivity contribution < 1.29 is 22.7 Å². The van der Waals surface area contributed by atoms with Crippen molar-refractivity contribution in [3.05, 3.63) is 23.8 Å². The van der Waals surface area contributed by atoms with E-state index in [1.54, 1.807) is 18.2 Å². The van der Waals surface area contributed by atoms with E-state index in [9.17, 15) is 13.2 Å². The minimum atomic E-state index is -3.50. The number of ether oxygens (including phenoxy) is 2. The van der Waals surface area contributed by atoms with Crippen LogP contribution in [-0.4, -0.2) is 45.5 Å². The molecule has 3 rings (SSSR count). The van der Waals surface area contributed by atoms with Crippen LogP contribution in [0.3, 0.4) is 0 Å². The third kappa shape index (κ3) is 2.59. The van der Waals surface area contributed by atoms with Crippen molar-refractivity contribution in [2.45, 2.75) is 30.1 Å². The topological polar surface area (TPSA) is 72.9 Å². The number of methoxy groups -OCH3 is 1. The zero-order valence-corrected chi connectivity index (χ0v) is 13.3. The molecule has 1 aromatic carbocycles. The van der Waals surface area contributed by atoms with Crippen molar-refractivity contribution >= 4 is 16.0 Å². The quantitative estimate of drug-likeness (QED) is 0.788. The summed E-state index contributed by atoms with van der Waals surface area (Å²) in [5.74, 6) is -0.273. The van der Waals surface area contributed by atoms with Gasteiger partial charge in [0.05, 0.1) is 24.5 Å². The van der Waals surface area contributed by atoms with Gasteiger partial charge >= 0.3 is 5.97 Å². The lowest BCUT2D eigenvalue weighted by Crippen LogP contribution is -2.28. The molecule has 2 heterocycles. The van der Waals surface area contributed by atoms with E-state index in [1.807, 2.05) is 0 Å². The average Bonchev–Trinajstić information content (AvgIpc) is 3.08. The highest BCUT2D eigenvalue weighted by atomic mass is 32.2. The first kappa shape index (κ1) is 15.3. The van der Waals surface area contributed by atoms with E-state index < -0.39 is 15.9 Å². The Bertz CT molecular complexity index is 679. The predicted molar refractivity (Wildman–Crippen MR) is 79.3 cm³/mol. The maximum absolute atomic E-state index is 12.6. The van der Waals surface area contributed by atoms with Crippen molar-refractivity contribution in [2.75, 3.05) is 26.8 Å². The molecule has 120 valence electrons. The van der Waals surface area contributed by atoms with Crippen LogP contribution >= 0.6 is 0 Å². The number of benzene rings is 1. The van der Waals surface area contributed by atoms with Crippen LogP contribution < -0.4 is 4.74 Å². The lowest BCUT2D eigenvalue weighted by atomic mass is 9.93. The zero-order valence-electron chi connectivity index (χ0n) is 12.4. The molecule has 0 saturated carbocycles. The summed E-state index contributed by atoms with van der Waals surface area (Å²) < 4.78 is 37.1. The summed E-state index contributed by atoms with van der Waals surface area (Å²) in [6.07, 6.45) is 2.27. The van der Waals surface area contributed by atoms with Gasteiger partial charge in [-0.3, -0.25) is 4.79 Å². The van der Waals surface area contributed by atoms with Gasteiger partial charge in [-0.2, -0.15) is 4.31 Å². The van der Waals surface area contributed by atoms with E-state index >= 15 is 0 Å². The molecule has 1 aromatic rings. The summed E-state index contributed by atoms with van der Waals surface area (Å²) in [5, 5.41) is 0. The van der Waals surface area contributed by atoms with E-state index in [-0.39, 0.29) is 10.9 Å². The maximum atomic E-state index is 12.6. The molecule has 0 aliphatic carbocycles. The molecular weight excluding hydrogens is 306 g/mol. The van der Waals surface area contributed by atoms with Gasteiger partial charge in [-0.25, -0.2) is 8.42 Å². The molecule has 2 aliphatic heterocycles. The van der Waals surface area contributed by atoms with Crippen LogP contribution in [0.4, 0.5) is 0 Å². The van der Waals surface area contributed by atoms with Gasteiger partial charge in [0.1, 0.15) is 5.75 Å². The lowest BCUT2D eigenvalue weighted by molar-refractivity contribution is -0.143. The number of carbonyl (C=O) groups excluding carboxylic acids is 1. The van der Waals surface area contributed by atoms with Gasteiger partial charge in [0.25, 0.3) is 0 Å². The second kappa shape index (κ2) is 5.89. The fraction of sp³-hybridized carbons (Fsp3) is 0.533. The fourth-order valence-electron chi connectivity index (χ4n) is 3.00. The summed E-state index contributed by atoms with van der Waals surface area (Å²) in [4.78, 5) is 12.1. The molecule has 1 atom stereocenters. The Kier molecular flexibility index (Phi) is 4.10. The van der Waals surface area contributed by atoms with Gasteiger partial charge in [-0.15, -0.1) is 0 Å². The molecule has 0 amide bonds. The number of esters is 1. The molecule has 7 heteroatoms. The number of rotatable bonds is 3. The smallest absolute Gasteiger partial charge is 0.313 e. The highest BCUT2D eigenvalue weighted by Crippen LogP contribution is 2.36. The first-order valence-electron chi connectivity index (χ1n) is 7.39. The molecule has 2 aliphatic rings. The molecule has 0 aromatic heterocycles. The Labute approximate surface area is 130 Å². The molecular formula is C15H19NO5S. The molecule has 0 unspecified atom stereocenters. The second-order valence-electron chi connectivity index (χ2n) is 5.52. The largest absolute Gasteiger partial charge is 0.493 e. The van der Waals surface area contributed by atoms with Gasteiger partial charge in [0.2, 0.25) is 10.0 Å². The first-order valence-corrected chi connectivity index (χ1v) is 8.83. The Morgan fingerprint density at radius 3 is 2.73 bits per heavy atom. The minimum Gasteiger partial charge on any atom is -0.493 e. The van der Waals surface area contributed by atoms with Crippen molar-refractivity contribution in [3.63, 3.8) is 0 Å². The monoisotopic (exact) mass is 325 g/mol. The van der Waals surface area contributed by atoms with Crippen molar-refractivity contribution in [1.82, 2.24) is 4.31 Å². The van der Waals surface area contributed by atoms with Crippen molar-refractivity contribution in [3.8, 4) is 5.75 Å². The molecule has 6 nitrogen and oxygen atoms in total. The van der Waals surface area contributed by atoms with Crippen molar-refractivity contribution in [2.24, 2.45) is 0 Å². The van der Waals surface area contributed by atoms with Gasteiger partial charge in [-0.1, -0.05) is 0 Å². The Hall–Kier alpha value is -1.60. The van der Waals surface area contributed by atoms with Crippen LogP contribution in [0, 0.1) is 0 Å². The molecule has 22 heavy (non-hydrogen) atoms. The average molecular weight is 325 g/mol. The molecule has 1 saturated heterocycles. The van der Waals surface area contributed by atoms with Crippen LogP contribution in [0.25, 0.3) is 0 Å². The molecule has 0 N–H and O–H groups in total. The first-order chi connectivity index (χ1) is 10.5. The maximum Gasteiger partial charge on any atom is 0.313 e. The summed E-state index contributed by atoms with van der Waals surface area (Å²) in [6, 6.07) is 4.74. The fourth-order valence-corrected chi connectivity index (χ4v) is 4.55. The molecule has 0 bridgehead atoms. The third-order valence-corrected chi connectivity index (χ3v) is 6.10. The summed E-state index contributed by atoms with van der Waals surface area (Å²) in [7, 11) is -2.17. The number of carbonyl (C=O) groups is 1. The normalized spacial score (nSPS) is 22.0. The minimum absolute atomic E-state index is 0.215. The van der Waals surface area contributed by atoms with E-state index in [2.05, 4.69) is 0 Å². The van der Waals surface area contributed by atoms with Crippen LogP contribution in [0.5, 0.6) is 5.75 Å². The van der Waals surface area contributed by atoms with Gasteiger partial charge < -0.3 is 9.47 Å². The van der Waals surface area contributed by atoms with Crippen LogP contribution in [0.1, 0.15) is 30.7 Å². The summed E-state index contributed by atoms with van der Waals surface area (Å²) in [5.41, 5.74) is 0.596. The predicted octanol–water partition coefficient (Wildman–Crippen LogP) is 1.51. The number of hydrogen-bond donors (Lipinski definition) is 0. The lowest BCUT2D eigenvalue weighted by Gasteiger charge is -2.25. The SMILES string of the molecule is COC(=O)[C@@H]1CCOc2ccc(S(=O)(=O)N3CCCC3)cc21. The Morgan fingerprint density at radius 1 is 1.32 bits per heavy atom. The molecule has 0 spiro atoms.